The van der Waals surface area contributed by atoms with Crippen LogP contribution in [0.1, 0.15) is 33.9 Å². The highest BCUT2D eigenvalue weighted by molar-refractivity contribution is 6.30. The highest BCUT2D eigenvalue weighted by Gasteiger charge is 2.26. The van der Waals surface area contributed by atoms with E-state index in [9.17, 15) is 0 Å². The summed E-state index contributed by atoms with van der Waals surface area (Å²) in [4.78, 5) is 2.59. The van der Waals surface area contributed by atoms with E-state index in [1.165, 1.54) is 27.8 Å². The summed E-state index contributed by atoms with van der Waals surface area (Å²) in [6, 6.07) is 13.4. The molecule has 0 aromatic heterocycles. The van der Waals surface area contributed by atoms with Gasteiger partial charge in [0.1, 0.15) is 0 Å². The van der Waals surface area contributed by atoms with Gasteiger partial charge in [0, 0.05) is 31.2 Å². The summed E-state index contributed by atoms with van der Waals surface area (Å²) < 4.78 is 0. The van der Waals surface area contributed by atoms with E-state index in [-0.39, 0.29) is 0 Å². The molecule has 0 amide bonds. The van der Waals surface area contributed by atoms with Crippen LogP contribution in [0.3, 0.4) is 0 Å². The number of halogens is 1. The molecular formula is C20H25ClN2. The maximum Gasteiger partial charge on any atom is 0.0607 e. The molecule has 1 saturated heterocycles. The van der Waals surface area contributed by atoms with E-state index in [0.29, 0.717) is 6.04 Å². The van der Waals surface area contributed by atoms with Crippen molar-refractivity contribution >= 4 is 11.6 Å². The second kappa shape index (κ2) is 7.04. The van der Waals surface area contributed by atoms with E-state index in [0.717, 1.165) is 31.2 Å². The van der Waals surface area contributed by atoms with Crippen molar-refractivity contribution in [2.45, 2.75) is 26.8 Å². The van der Waals surface area contributed by atoms with Crippen LogP contribution >= 0.6 is 11.6 Å². The quantitative estimate of drug-likeness (QED) is 0.905. The summed E-state index contributed by atoms with van der Waals surface area (Å²) in [6.45, 7) is 10.8. The van der Waals surface area contributed by atoms with Crippen molar-refractivity contribution in [3.8, 4) is 0 Å². The molecule has 122 valence electrons. The second-order valence-corrected chi connectivity index (χ2v) is 6.99. The summed E-state index contributed by atoms with van der Waals surface area (Å²) in [5.74, 6) is 0. The van der Waals surface area contributed by atoms with E-state index >= 15 is 0 Å². The van der Waals surface area contributed by atoms with Gasteiger partial charge in [-0.25, -0.2) is 0 Å². The minimum absolute atomic E-state index is 0.301. The first-order chi connectivity index (χ1) is 11.1. The zero-order valence-electron chi connectivity index (χ0n) is 14.2. The molecule has 0 radical (unpaired) electrons. The smallest absolute Gasteiger partial charge is 0.0607 e. The van der Waals surface area contributed by atoms with Crippen LogP contribution in [0.5, 0.6) is 0 Å². The molecule has 0 bridgehead atoms. The van der Waals surface area contributed by atoms with Crippen LogP contribution in [0.25, 0.3) is 0 Å². The first-order valence-electron chi connectivity index (χ1n) is 8.34. The molecule has 1 fully saturated rings. The molecule has 0 spiro atoms. The highest BCUT2D eigenvalue weighted by atomic mass is 35.5. The molecule has 1 atom stereocenters. The van der Waals surface area contributed by atoms with Crippen LogP contribution in [0.4, 0.5) is 0 Å². The van der Waals surface area contributed by atoms with Crippen LogP contribution in [-0.2, 0) is 0 Å². The minimum atomic E-state index is 0.301. The molecule has 0 saturated carbocycles. The molecule has 2 aromatic rings. The Hall–Kier alpha value is -1.35. The lowest BCUT2D eigenvalue weighted by atomic mass is 9.90. The van der Waals surface area contributed by atoms with Crippen molar-refractivity contribution in [2.24, 2.45) is 0 Å². The average molecular weight is 329 g/mol. The van der Waals surface area contributed by atoms with Crippen LogP contribution in [0, 0.1) is 20.8 Å². The largest absolute Gasteiger partial charge is 0.314 e. The second-order valence-electron chi connectivity index (χ2n) is 6.55. The van der Waals surface area contributed by atoms with Gasteiger partial charge in [0.2, 0.25) is 0 Å². The SMILES string of the molecule is Cc1ccc(C(c2ccc(Cl)cc2C)N2CCNCC2)c(C)c1. The molecule has 1 unspecified atom stereocenters. The monoisotopic (exact) mass is 328 g/mol. The first-order valence-corrected chi connectivity index (χ1v) is 8.72. The topological polar surface area (TPSA) is 15.3 Å². The fourth-order valence-corrected chi connectivity index (χ4v) is 3.81. The van der Waals surface area contributed by atoms with E-state index in [1.807, 2.05) is 6.07 Å². The first kappa shape index (κ1) is 16.5. The van der Waals surface area contributed by atoms with Crippen molar-refractivity contribution in [1.29, 1.82) is 0 Å². The fraction of sp³-hybridized carbons (Fsp3) is 0.400. The fourth-order valence-electron chi connectivity index (χ4n) is 3.58. The number of aryl methyl sites for hydroxylation is 3. The molecule has 2 nitrogen and oxygen atoms in total. The number of piperazine rings is 1. The van der Waals surface area contributed by atoms with Gasteiger partial charge >= 0.3 is 0 Å². The molecule has 1 aliphatic heterocycles. The maximum atomic E-state index is 6.18. The van der Waals surface area contributed by atoms with Crippen molar-refractivity contribution in [1.82, 2.24) is 10.2 Å². The summed E-state index contributed by atoms with van der Waals surface area (Å²) in [6.07, 6.45) is 0. The van der Waals surface area contributed by atoms with Crippen LogP contribution in [0.2, 0.25) is 5.02 Å². The zero-order chi connectivity index (χ0) is 16.4. The normalized spacial score (nSPS) is 17.2. The van der Waals surface area contributed by atoms with Crippen LogP contribution in [-0.4, -0.2) is 31.1 Å². The van der Waals surface area contributed by atoms with Gasteiger partial charge in [-0.05, 0) is 55.2 Å². The number of nitrogens with zero attached hydrogens (tertiary/aromatic N) is 1. The highest BCUT2D eigenvalue weighted by Crippen LogP contribution is 2.34. The van der Waals surface area contributed by atoms with Crippen molar-refractivity contribution < 1.29 is 0 Å². The Morgan fingerprint density at radius 3 is 2.13 bits per heavy atom. The van der Waals surface area contributed by atoms with Gasteiger partial charge in [0.25, 0.3) is 0 Å². The van der Waals surface area contributed by atoms with Crippen LogP contribution in [0.15, 0.2) is 36.4 Å². The molecule has 1 N–H and O–H groups in total. The molecule has 1 aliphatic rings. The third-order valence-corrected chi connectivity index (χ3v) is 5.00. The van der Waals surface area contributed by atoms with Crippen molar-refractivity contribution in [3.05, 3.63) is 69.2 Å². The Kier molecular flexibility index (Phi) is 5.05. The Balaban J connectivity index is 2.09. The van der Waals surface area contributed by atoms with Crippen molar-refractivity contribution in [2.75, 3.05) is 26.2 Å². The van der Waals surface area contributed by atoms with Gasteiger partial charge in [-0.1, -0.05) is 41.4 Å². The third kappa shape index (κ3) is 3.60. The Bertz CT molecular complexity index is 639. The number of benzene rings is 2. The minimum Gasteiger partial charge on any atom is -0.314 e. The third-order valence-electron chi connectivity index (χ3n) is 4.76. The number of hydrogen-bond acceptors (Lipinski definition) is 2. The van der Waals surface area contributed by atoms with Crippen LogP contribution < -0.4 is 5.32 Å². The Morgan fingerprint density at radius 2 is 1.52 bits per heavy atom. The van der Waals surface area contributed by atoms with E-state index in [1.54, 1.807) is 0 Å². The van der Waals surface area contributed by atoms with Gasteiger partial charge in [0.15, 0.2) is 0 Å². The number of rotatable bonds is 3. The lowest BCUT2D eigenvalue weighted by Gasteiger charge is -2.37. The van der Waals surface area contributed by atoms with Gasteiger partial charge in [-0.15, -0.1) is 0 Å². The van der Waals surface area contributed by atoms with E-state index in [4.69, 9.17) is 11.6 Å². The summed E-state index contributed by atoms with van der Waals surface area (Å²) in [7, 11) is 0. The van der Waals surface area contributed by atoms with Gasteiger partial charge in [-0.2, -0.15) is 0 Å². The molecule has 0 aliphatic carbocycles. The van der Waals surface area contributed by atoms with E-state index in [2.05, 4.69) is 61.3 Å². The molecule has 3 heteroatoms. The molecule has 3 rings (SSSR count). The summed E-state index contributed by atoms with van der Waals surface area (Å²) in [5, 5.41) is 4.27. The predicted molar refractivity (Wildman–Crippen MR) is 98.4 cm³/mol. The molecule has 2 aromatic carbocycles. The van der Waals surface area contributed by atoms with Gasteiger partial charge in [-0.3, -0.25) is 4.90 Å². The lowest BCUT2D eigenvalue weighted by Crippen LogP contribution is -2.45. The van der Waals surface area contributed by atoms with E-state index < -0.39 is 0 Å². The maximum absolute atomic E-state index is 6.18. The molecule has 23 heavy (non-hydrogen) atoms. The summed E-state index contributed by atoms with van der Waals surface area (Å²) in [5.41, 5.74) is 6.72. The molecular weight excluding hydrogens is 304 g/mol. The van der Waals surface area contributed by atoms with Gasteiger partial charge in [0.05, 0.1) is 6.04 Å². The zero-order valence-corrected chi connectivity index (χ0v) is 15.0. The standard InChI is InChI=1S/C20H25ClN2/c1-14-4-6-18(15(2)12-14)20(23-10-8-22-9-11-23)19-7-5-17(21)13-16(19)3/h4-7,12-13,20,22H,8-11H2,1-3H3. The number of hydrogen-bond donors (Lipinski definition) is 1. The van der Waals surface area contributed by atoms with Crippen molar-refractivity contribution in [3.63, 3.8) is 0 Å². The number of nitrogens with one attached hydrogen (secondary N) is 1. The Morgan fingerprint density at radius 1 is 0.913 bits per heavy atom. The summed E-state index contributed by atoms with van der Waals surface area (Å²) >= 11 is 6.18. The lowest BCUT2D eigenvalue weighted by molar-refractivity contribution is 0.197. The average Bonchev–Trinajstić information content (AvgIpc) is 2.52. The predicted octanol–water partition coefficient (Wildman–Crippen LogP) is 4.26. The van der Waals surface area contributed by atoms with Gasteiger partial charge < -0.3 is 5.32 Å². The Labute approximate surface area is 144 Å². The molecule has 1 heterocycles.